The molecule has 2 unspecified atom stereocenters. The predicted octanol–water partition coefficient (Wildman–Crippen LogP) is 3.86. The van der Waals surface area contributed by atoms with Crippen LogP contribution in [0.2, 0.25) is 0 Å². The van der Waals surface area contributed by atoms with Gasteiger partial charge in [0.15, 0.2) is 0 Å². The number of hydrogen-bond acceptors (Lipinski definition) is 2. The molecule has 2 aromatic carbocycles. The largest absolute Gasteiger partial charge is 0.349 e. The Morgan fingerprint density at radius 2 is 1.64 bits per heavy atom. The molecule has 3 rings (SSSR count). The van der Waals surface area contributed by atoms with Gasteiger partial charge in [0.05, 0.1) is 6.04 Å². The summed E-state index contributed by atoms with van der Waals surface area (Å²) in [5.74, 6) is -0.241. The molecular formula is C21H24N2O2. The summed E-state index contributed by atoms with van der Waals surface area (Å²) in [5, 5.41) is 3.03. The number of hydrogen-bond donors (Lipinski definition) is 1. The maximum Gasteiger partial charge on any atom is 0.255 e. The Morgan fingerprint density at radius 1 is 1.04 bits per heavy atom. The fourth-order valence-corrected chi connectivity index (χ4v) is 3.33. The molecule has 4 nitrogen and oxygen atoms in total. The highest BCUT2D eigenvalue weighted by molar-refractivity contribution is 6.05. The number of fused-ring (bicyclic) bond motifs is 1. The molecule has 1 aliphatic rings. The van der Waals surface area contributed by atoms with E-state index in [0.29, 0.717) is 5.56 Å². The molecule has 2 atom stereocenters. The van der Waals surface area contributed by atoms with Gasteiger partial charge in [-0.3, -0.25) is 9.59 Å². The maximum absolute atomic E-state index is 13.0. The standard InChI is InChI=1S/C21H24N2O2/c1-14(15-10-6-5-7-11-15)23-18(19(24)22-21(2,3)4)16-12-8-9-13-17(16)20(23)25/h5-14,18H,1-4H3,(H,22,24). The summed E-state index contributed by atoms with van der Waals surface area (Å²) in [7, 11) is 0. The summed E-state index contributed by atoms with van der Waals surface area (Å²) in [6, 6.07) is 16.4. The molecule has 0 saturated carbocycles. The van der Waals surface area contributed by atoms with Crippen LogP contribution in [0.25, 0.3) is 0 Å². The van der Waals surface area contributed by atoms with Crippen LogP contribution >= 0.6 is 0 Å². The zero-order valence-corrected chi connectivity index (χ0v) is 15.1. The lowest BCUT2D eigenvalue weighted by Crippen LogP contribution is -2.47. The van der Waals surface area contributed by atoms with E-state index in [2.05, 4.69) is 5.32 Å². The van der Waals surface area contributed by atoms with Crippen molar-refractivity contribution >= 4 is 11.8 Å². The molecule has 0 radical (unpaired) electrons. The van der Waals surface area contributed by atoms with Crippen molar-refractivity contribution in [2.24, 2.45) is 0 Å². The third-order valence-corrected chi connectivity index (χ3v) is 4.44. The molecule has 1 N–H and O–H groups in total. The lowest BCUT2D eigenvalue weighted by atomic mass is 10.0. The van der Waals surface area contributed by atoms with Crippen LogP contribution < -0.4 is 5.32 Å². The van der Waals surface area contributed by atoms with E-state index in [1.807, 2.05) is 76.2 Å². The normalized spacial score (nSPS) is 18.0. The number of rotatable bonds is 3. The van der Waals surface area contributed by atoms with Crippen LogP contribution in [-0.2, 0) is 4.79 Å². The Bertz CT molecular complexity index is 793. The summed E-state index contributed by atoms with van der Waals surface area (Å²) in [6.45, 7) is 7.80. The van der Waals surface area contributed by atoms with E-state index in [0.717, 1.165) is 11.1 Å². The Morgan fingerprint density at radius 3 is 2.28 bits per heavy atom. The summed E-state index contributed by atoms with van der Waals surface area (Å²) in [6.07, 6.45) is 0. The third-order valence-electron chi connectivity index (χ3n) is 4.44. The Balaban J connectivity index is 2.03. The second-order valence-electron chi connectivity index (χ2n) is 7.53. The number of amides is 2. The zero-order chi connectivity index (χ0) is 18.2. The predicted molar refractivity (Wildman–Crippen MR) is 98.1 cm³/mol. The van der Waals surface area contributed by atoms with Crippen molar-refractivity contribution in [3.05, 3.63) is 71.3 Å². The van der Waals surface area contributed by atoms with Gasteiger partial charge in [-0.05, 0) is 44.9 Å². The first-order chi connectivity index (χ1) is 11.8. The minimum Gasteiger partial charge on any atom is -0.349 e. The topological polar surface area (TPSA) is 49.4 Å². The highest BCUT2D eigenvalue weighted by Crippen LogP contribution is 2.40. The molecule has 1 heterocycles. The van der Waals surface area contributed by atoms with E-state index in [1.54, 1.807) is 11.0 Å². The lowest BCUT2D eigenvalue weighted by molar-refractivity contribution is -0.127. The first-order valence-corrected chi connectivity index (χ1v) is 8.58. The van der Waals surface area contributed by atoms with Crippen molar-refractivity contribution in [3.63, 3.8) is 0 Å². The van der Waals surface area contributed by atoms with E-state index >= 15 is 0 Å². The third kappa shape index (κ3) is 3.29. The van der Waals surface area contributed by atoms with Crippen LogP contribution in [0.15, 0.2) is 54.6 Å². The average Bonchev–Trinajstić information content (AvgIpc) is 2.87. The number of nitrogens with one attached hydrogen (secondary N) is 1. The van der Waals surface area contributed by atoms with Crippen molar-refractivity contribution in [2.75, 3.05) is 0 Å². The van der Waals surface area contributed by atoms with Gasteiger partial charge in [0.25, 0.3) is 5.91 Å². The minimum absolute atomic E-state index is 0.0963. The summed E-state index contributed by atoms with van der Waals surface area (Å²) >= 11 is 0. The SMILES string of the molecule is CC(c1ccccc1)N1C(=O)c2ccccc2C1C(=O)NC(C)(C)C. The van der Waals surface area contributed by atoms with E-state index in [1.165, 1.54) is 0 Å². The first-order valence-electron chi connectivity index (χ1n) is 8.58. The molecule has 130 valence electrons. The molecule has 0 aromatic heterocycles. The zero-order valence-electron chi connectivity index (χ0n) is 15.1. The molecule has 2 amide bonds. The van der Waals surface area contributed by atoms with Crippen molar-refractivity contribution in [1.82, 2.24) is 10.2 Å². The second-order valence-corrected chi connectivity index (χ2v) is 7.53. The first kappa shape index (κ1) is 17.2. The maximum atomic E-state index is 13.0. The summed E-state index contributed by atoms with van der Waals surface area (Å²) in [4.78, 5) is 27.7. The molecule has 0 bridgehead atoms. The van der Waals surface area contributed by atoms with Crippen LogP contribution in [-0.4, -0.2) is 22.3 Å². The second kappa shape index (κ2) is 6.36. The molecule has 25 heavy (non-hydrogen) atoms. The van der Waals surface area contributed by atoms with Crippen molar-refractivity contribution in [2.45, 2.75) is 45.3 Å². The Kier molecular flexibility index (Phi) is 4.38. The van der Waals surface area contributed by atoms with Crippen LogP contribution in [0, 0.1) is 0 Å². The van der Waals surface area contributed by atoms with Gasteiger partial charge in [-0.2, -0.15) is 0 Å². The van der Waals surface area contributed by atoms with Gasteiger partial charge in [0.1, 0.15) is 6.04 Å². The highest BCUT2D eigenvalue weighted by atomic mass is 16.2. The average molecular weight is 336 g/mol. The molecule has 1 aliphatic heterocycles. The molecule has 2 aromatic rings. The van der Waals surface area contributed by atoms with Gasteiger partial charge >= 0.3 is 0 Å². The molecule has 0 saturated heterocycles. The van der Waals surface area contributed by atoms with Crippen LogP contribution in [0.5, 0.6) is 0 Å². The van der Waals surface area contributed by atoms with Gasteiger partial charge < -0.3 is 10.2 Å². The van der Waals surface area contributed by atoms with Crippen LogP contribution in [0.1, 0.15) is 61.3 Å². The fourth-order valence-electron chi connectivity index (χ4n) is 3.33. The number of benzene rings is 2. The minimum atomic E-state index is -0.613. The quantitative estimate of drug-likeness (QED) is 0.925. The fraction of sp³-hybridized carbons (Fsp3) is 0.333. The van der Waals surface area contributed by atoms with E-state index in [9.17, 15) is 9.59 Å². The van der Waals surface area contributed by atoms with E-state index in [4.69, 9.17) is 0 Å². The van der Waals surface area contributed by atoms with E-state index < -0.39 is 6.04 Å². The highest BCUT2D eigenvalue weighted by Gasteiger charge is 2.44. The Labute approximate surface area is 148 Å². The smallest absolute Gasteiger partial charge is 0.255 e. The molecular weight excluding hydrogens is 312 g/mol. The molecule has 0 spiro atoms. The van der Waals surface area contributed by atoms with Gasteiger partial charge in [0.2, 0.25) is 5.91 Å². The van der Waals surface area contributed by atoms with Crippen molar-refractivity contribution in [1.29, 1.82) is 0 Å². The van der Waals surface area contributed by atoms with E-state index in [-0.39, 0.29) is 23.4 Å². The number of carbonyl (C=O) groups is 2. The monoisotopic (exact) mass is 336 g/mol. The van der Waals surface area contributed by atoms with Gasteiger partial charge in [-0.1, -0.05) is 48.5 Å². The van der Waals surface area contributed by atoms with Crippen LogP contribution in [0.3, 0.4) is 0 Å². The van der Waals surface area contributed by atoms with Crippen molar-refractivity contribution in [3.8, 4) is 0 Å². The van der Waals surface area contributed by atoms with Gasteiger partial charge in [-0.25, -0.2) is 0 Å². The van der Waals surface area contributed by atoms with Crippen LogP contribution in [0.4, 0.5) is 0 Å². The summed E-state index contributed by atoms with van der Waals surface area (Å²) in [5.41, 5.74) is 2.04. The number of nitrogens with zero attached hydrogens (tertiary/aromatic N) is 1. The van der Waals surface area contributed by atoms with Crippen molar-refractivity contribution < 1.29 is 9.59 Å². The molecule has 0 fully saturated rings. The van der Waals surface area contributed by atoms with Gasteiger partial charge in [0, 0.05) is 11.1 Å². The number of carbonyl (C=O) groups excluding carboxylic acids is 2. The molecule has 4 heteroatoms. The van der Waals surface area contributed by atoms with Gasteiger partial charge in [-0.15, -0.1) is 0 Å². The molecule has 0 aliphatic carbocycles. The lowest BCUT2D eigenvalue weighted by Gasteiger charge is -2.33. The Hall–Kier alpha value is -2.62. The summed E-state index contributed by atoms with van der Waals surface area (Å²) < 4.78 is 0.